The summed E-state index contributed by atoms with van der Waals surface area (Å²) in [6.45, 7) is 8.00. The highest BCUT2D eigenvalue weighted by molar-refractivity contribution is 5.76. The third kappa shape index (κ3) is 6.04. The number of benzene rings is 1. The van der Waals surface area contributed by atoms with E-state index in [9.17, 15) is 4.79 Å². The van der Waals surface area contributed by atoms with Crippen molar-refractivity contribution in [1.29, 1.82) is 0 Å². The Kier molecular flexibility index (Phi) is 6.49. The summed E-state index contributed by atoms with van der Waals surface area (Å²) in [6, 6.07) is 5.74. The predicted octanol–water partition coefficient (Wildman–Crippen LogP) is 3.31. The van der Waals surface area contributed by atoms with Crippen LogP contribution >= 0.6 is 0 Å². The first-order valence-corrected chi connectivity index (χ1v) is 8.55. The van der Waals surface area contributed by atoms with E-state index >= 15 is 0 Å². The van der Waals surface area contributed by atoms with Gasteiger partial charge in [-0.05, 0) is 36.0 Å². The van der Waals surface area contributed by atoms with E-state index in [-0.39, 0.29) is 17.4 Å². The highest BCUT2D eigenvalue weighted by Crippen LogP contribution is 2.29. The van der Waals surface area contributed by atoms with Gasteiger partial charge in [0.05, 0.1) is 13.2 Å². The molecular formula is C19H29NO4. The van der Waals surface area contributed by atoms with Crippen LogP contribution in [-0.4, -0.2) is 32.3 Å². The molecule has 134 valence electrons. The van der Waals surface area contributed by atoms with Crippen LogP contribution in [0.3, 0.4) is 0 Å². The molecule has 1 N–H and O–H groups in total. The fourth-order valence-corrected chi connectivity index (χ4v) is 2.64. The zero-order chi connectivity index (χ0) is 17.6. The number of hydrogen-bond acceptors (Lipinski definition) is 4. The van der Waals surface area contributed by atoms with Crippen molar-refractivity contribution in [2.45, 2.75) is 52.7 Å². The van der Waals surface area contributed by atoms with Gasteiger partial charge in [0.1, 0.15) is 6.61 Å². The molecule has 1 aliphatic rings. The van der Waals surface area contributed by atoms with Crippen molar-refractivity contribution in [3.63, 3.8) is 0 Å². The van der Waals surface area contributed by atoms with Crippen molar-refractivity contribution in [3.8, 4) is 11.5 Å². The molecule has 1 fully saturated rings. The standard InChI is InChI=1S/C19H29NO4/c1-19(2,3)11-18(21)20-12-14-7-8-16(17(10-14)22-4)24-13-15-6-5-9-23-15/h7-8,10,15H,5-6,9,11-13H2,1-4H3,(H,20,21)/t15-/m0/s1. The van der Waals surface area contributed by atoms with Gasteiger partial charge in [0.25, 0.3) is 0 Å². The Bertz CT molecular complexity index is 545. The van der Waals surface area contributed by atoms with Crippen LogP contribution in [0.15, 0.2) is 18.2 Å². The van der Waals surface area contributed by atoms with Crippen molar-refractivity contribution in [1.82, 2.24) is 5.32 Å². The molecule has 0 bridgehead atoms. The molecule has 1 aromatic carbocycles. The smallest absolute Gasteiger partial charge is 0.220 e. The van der Waals surface area contributed by atoms with Crippen LogP contribution in [0.4, 0.5) is 0 Å². The minimum atomic E-state index is -0.0121. The van der Waals surface area contributed by atoms with E-state index in [4.69, 9.17) is 14.2 Å². The topological polar surface area (TPSA) is 56.8 Å². The minimum Gasteiger partial charge on any atom is -0.493 e. The van der Waals surface area contributed by atoms with Crippen molar-refractivity contribution in [2.24, 2.45) is 5.41 Å². The number of carbonyl (C=O) groups excluding carboxylic acids is 1. The number of hydrogen-bond donors (Lipinski definition) is 1. The van der Waals surface area contributed by atoms with E-state index in [1.807, 2.05) is 18.2 Å². The molecule has 0 aliphatic carbocycles. The van der Waals surface area contributed by atoms with E-state index in [0.717, 1.165) is 25.0 Å². The Morgan fingerprint density at radius 3 is 2.75 bits per heavy atom. The lowest BCUT2D eigenvalue weighted by molar-refractivity contribution is -0.122. The van der Waals surface area contributed by atoms with E-state index in [0.29, 0.717) is 31.1 Å². The molecule has 0 radical (unpaired) electrons. The third-order valence-corrected chi connectivity index (χ3v) is 3.86. The molecular weight excluding hydrogens is 306 g/mol. The highest BCUT2D eigenvalue weighted by Gasteiger charge is 2.18. The minimum absolute atomic E-state index is 0.0121. The van der Waals surface area contributed by atoms with Crippen molar-refractivity contribution in [2.75, 3.05) is 20.3 Å². The molecule has 1 aliphatic heterocycles. The Hall–Kier alpha value is -1.75. The summed E-state index contributed by atoms with van der Waals surface area (Å²) in [6.07, 6.45) is 2.82. The first kappa shape index (κ1) is 18.6. The molecule has 1 atom stereocenters. The second-order valence-electron chi connectivity index (χ2n) is 7.45. The Morgan fingerprint density at radius 1 is 1.33 bits per heavy atom. The van der Waals surface area contributed by atoms with Gasteiger partial charge >= 0.3 is 0 Å². The largest absolute Gasteiger partial charge is 0.493 e. The van der Waals surface area contributed by atoms with Gasteiger partial charge in [-0.3, -0.25) is 4.79 Å². The molecule has 2 rings (SSSR count). The van der Waals surface area contributed by atoms with Gasteiger partial charge in [0.15, 0.2) is 11.5 Å². The van der Waals surface area contributed by atoms with Crippen LogP contribution in [0.25, 0.3) is 0 Å². The molecule has 0 unspecified atom stereocenters. The molecule has 1 saturated heterocycles. The van der Waals surface area contributed by atoms with Gasteiger partial charge in [0.2, 0.25) is 5.91 Å². The number of rotatable bonds is 7. The van der Waals surface area contributed by atoms with Crippen LogP contribution < -0.4 is 14.8 Å². The fraction of sp³-hybridized carbons (Fsp3) is 0.632. The number of carbonyl (C=O) groups is 1. The summed E-state index contributed by atoms with van der Waals surface area (Å²) in [5.74, 6) is 1.44. The lowest BCUT2D eigenvalue weighted by Gasteiger charge is -2.18. The van der Waals surface area contributed by atoms with Gasteiger partial charge < -0.3 is 19.5 Å². The first-order chi connectivity index (χ1) is 11.4. The number of ether oxygens (including phenoxy) is 3. The van der Waals surface area contributed by atoms with Gasteiger partial charge in [-0.15, -0.1) is 0 Å². The summed E-state index contributed by atoms with van der Waals surface area (Å²) >= 11 is 0. The molecule has 5 nitrogen and oxygen atoms in total. The van der Waals surface area contributed by atoms with E-state index < -0.39 is 0 Å². The highest BCUT2D eigenvalue weighted by atomic mass is 16.5. The van der Waals surface area contributed by atoms with E-state index in [2.05, 4.69) is 26.1 Å². The molecule has 0 aromatic heterocycles. The lowest BCUT2D eigenvalue weighted by atomic mass is 9.92. The fourth-order valence-electron chi connectivity index (χ4n) is 2.64. The van der Waals surface area contributed by atoms with Crippen molar-refractivity contribution >= 4 is 5.91 Å². The summed E-state index contributed by atoms with van der Waals surface area (Å²) in [7, 11) is 1.62. The number of amides is 1. The van der Waals surface area contributed by atoms with Crippen LogP contribution in [0.2, 0.25) is 0 Å². The number of nitrogens with one attached hydrogen (secondary N) is 1. The average Bonchev–Trinajstić information content (AvgIpc) is 3.03. The van der Waals surface area contributed by atoms with Gasteiger partial charge in [0, 0.05) is 19.6 Å². The maximum absolute atomic E-state index is 11.9. The molecule has 1 amide bonds. The summed E-state index contributed by atoms with van der Waals surface area (Å²) in [5.41, 5.74) is 0.973. The normalized spacial score (nSPS) is 17.6. The average molecular weight is 335 g/mol. The van der Waals surface area contributed by atoms with E-state index in [1.54, 1.807) is 7.11 Å². The van der Waals surface area contributed by atoms with Gasteiger partial charge in [-0.1, -0.05) is 26.8 Å². The van der Waals surface area contributed by atoms with E-state index in [1.165, 1.54) is 0 Å². The van der Waals surface area contributed by atoms with Crippen LogP contribution in [0.1, 0.15) is 45.6 Å². The molecule has 1 heterocycles. The number of methoxy groups -OCH3 is 1. The zero-order valence-electron chi connectivity index (χ0n) is 15.2. The van der Waals surface area contributed by atoms with Crippen LogP contribution in [0, 0.1) is 5.41 Å². The lowest BCUT2D eigenvalue weighted by Crippen LogP contribution is -2.27. The molecule has 5 heteroatoms. The Balaban J connectivity index is 1.89. The molecule has 0 saturated carbocycles. The summed E-state index contributed by atoms with van der Waals surface area (Å²) < 4.78 is 16.8. The quantitative estimate of drug-likeness (QED) is 0.830. The van der Waals surface area contributed by atoms with Crippen molar-refractivity contribution < 1.29 is 19.0 Å². The summed E-state index contributed by atoms with van der Waals surface area (Å²) in [5, 5.41) is 2.95. The predicted molar refractivity (Wildman–Crippen MR) is 93.4 cm³/mol. The zero-order valence-corrected chi connectivity index (χ0v) is 15.2. The SMILES string of the molecule is COc1cc(CNC(=O)CC(C)(C)C)ccc1OC[C@@H]1CCCO1. The first-order valence-electron chi connectivity index (χ1n) is 8.55. The van der Waals surface area contributed by atoms with Crippen molar-refractivity contribution in [3.05, 3.63) is 23.8 Å². The second kappa shape index (κ2) is 8.38. The maximum Gasteiger partial charge on any atom is 0.220 e. The van der Waals surface area contributed by atoms with Gasteiger partial charge in [-0.25, -0.2) is 0 Å². The molecule has 1 aromatic rings. The Labute approximate surface area is 144 Å². The van der Waals surface area contributed by atoms with Crippen LogP contribution in [-0.2, 0) is 16.1 Å². The summed E-state index contributed by atoms with van der Waals surface area (Å²) in [4.78, 5) is 11.9. The maximum atomic E-state index is 11.9. The molecule has 0 spiro atoms. The monoisotopic (exact) mass is 335 g/mol. The van der Waals surface area contributed by atoms with Crippen LogP contribution in [0.5, 0.6) is 11.5 Å². The second-order valence-corrected chi connectivity index (χ2v) is 7.45. The third-order valence-electron chi connectivity index (χ3n) is 3.86. The molecule has 24 heavy (non-hydrogen) atoms. The Morgan fingerprint density at radius 2 is 2.12 bits per heavy atom. The van der Waals surface area contributed by atoms with Gasteiger partial charge in [-0.2, -0.15) is 0 Å².